The van der Waals surface area contributed by atoms with E-state index >= 15 is 0 Å². The molecule has 0 radical (unpaired) electrons. The van der Waals surface area contributed by atoms with E-state index in [0.717, 1.165) is 36.8 Å². The molecule has 51 heavy (non-hydrogen) atoms. The van der Waals surface area contributed by atoms with Crippen LogP contribution in [0.2, 0.25) is 15.1 Å². The molecule has 3 aromatic carbocycles. The van der Waals surface area contributed by atoms with Crippen LogP contribution < -0.4 is 10.1 Å². The van der Waals surface area contributed by atoms with Gasteiger partial charge in [-0.15, -0.1) is 0 Å². The largest absolute Gasteiger partial charge is 0.482 e. The summed E-state index contributed by atoms with van der Waals surface area (Å²) in [6.07, 6.45) is 4.18. The van der Waals surface area contributed by atoms with E-state index in [9.17, 15) is 19.5 Å². The Bertz CT molecular complexity index is 1890. The van der Waals surface area contributed by atoms with Crippen LogP contribution >= 0.6 is 34.8 Å². The molecule has 3 amide bonds. The van der Waals surface area contributed by atoms with Crippen LogP contribution in [0, 0.1) is 6.92 Å². The van der Waals surface area contributed by atoms with Gasteiger partial charge in [-0.2, -0.15) is 5.10 Å². The molecule has 1 aliphatic heterocycles. The Labute approximate surface area is 313 Å². The second-order valence-electron chi connectivity index (χ2n) is 12.6. The molecule has 4 aromatic rings. The van der Waals surface area contributed by atoms with Gasteiger partial charge in [-0.05, 0) is 67.6 Å². The lowest BCUT2D eigenvalue weighted by Crippen LogP contribution is -2.46. The molecule has 1 aromatic heterocycles. The van der Waals surface area contributed by atoms with E-state index < -0.39 is 18.6 Å². The van der Waals surface area contributed by atoms with Crippen molar-refractivity contribution < 1.29 is 24.2 Å². The monoisotopic (exact) mass is 753 g/mol. The maximum atomic E-state index is 14.5. The molecule has 1 atom stereocenters. The Morgan fingerprint density at radius 3 is 2.31 bits per heavy atom. The molecule has 13 heteroatoms. The fourth-order valence-electron chi connectivity index (χ4n) is 6.07. The molecule has 0 fully saturated rings. The minimum atomic E-state index is -0.508. The lowest BCUT2D eigenvalue weighted by atomic mass is 9.93. The van der Waals surface area contributed by atoms with Crippen LogP contribution in [0.3, 0.4) is 0 Å². The molecule has 270 valence electrons. The van der Waals surface area contributed by atoms with Crippen LogP contribution in [-0.4, -0.2) is 74.8 Å². The molecule has 0 bridgehead atoms. The normalized spacial score (nSPS) is 13.9. The number of hydrogen-bond acceptors (Lipinski definition) is 6. The summed E-state index contributed by atoms with van der Waals surface area (Å²) in [6, 6.07) is 16.9. The number of nitrogens with zero attached hydrogens (tertiary/aromatic N) is 4. The van der Waals surface area contributed by atoms with E-state index in [1.54, 1.807) is 33.8 Å². The smallest absolute Gasteiger partial charge is 0.274 e. The van der Waals surface area contributed by atoms with Gasteiger partial charge >= 0.3 is 0 Å². The van der Waals surface area contributed by atoms with Gasteiger partial charge in [0, 0.05) is 37.1 Å². The molecule has 2 N–H and O–H groups in total. The van der Waals surface area contributed by atoms with Gasteiger partial charge < -0.3 is 25.0 Å². The number of hydrogen-bond donors (Lipinski definition) is 2. The molecule has 1 unspecified atom stereocenters. The highest BCUT2D eigenvalue weighted by atomic mass is 35.5. The molecule has 0 saturated heterocycles. The zero-order chi connectivity index (χ0) is 36.7. The number of carbonyl (C=O) groups excluding carboxylic acids is 3. The summed E-state index contributed by atoms with van der Waals surface area (Å²) in [5.74, 6) is -0.838. The van der Waals surface area contributed by atoms with Crippen LogP contribution in [0.5, 0.6) is 5.75 Å². The average Bonchev–Trinajstić information content (AvgIpc) is 3.52. The number of nitrogens with one attached hydrogen (secondary N) is 1. The maximum Gasteiger partial charge on any atom is 0.274 e. The van der Waals surface area contributed by atoms with Crippen LogP contribution in [0.25, 0.3) is 5.69 Å². The minimum Gasteiger partial charge on any atom is -0.482 e. The number of ether oxygens (including phenoxy) is 1. The predicted octanol–water partition coefficient (Wildman–Crippen LogP) is 7.76. The van der Waals surface area contributed by atoms with Crippen LogP contribution in [0.4, 0.5) is 5.69 Å². The number of carbonyl (C=O) groups is 3. The van der Waals surface area contributed by atoms with Crippen molar-refractivity contribution in [3.05, 3.63) is 104 Å². The summed E-state index contributed by atoms with van der Waals surface area (Å²) in [5, 5.41) is 18.6. The van der Waals surface area contributed by atoms with Crippen molar-refractivity contribution in [2.24, 2.45) is 0 Å². The average molecular weight is 755 g/mol. The van der Waals surface area contributed by atoms with Crippen LogP contribution in [0.15, 0.2) is 60.7 Å². The molecular formula is C38H42Cl3N5O5. The molecule has 0 saturated carbocycles. The molecule has 1 aliphatic rings. The van der Waals surface area contributed by atoms with Crippen molar-refractivity contribution in [3.8, 4) is 11.4 Å². The second-order valence-corrected chi connectivity index (χ2v) is 13.8. The van der Waals surface area contributed by atoms with Gasteiger partial charge in [0.1, 0.15) is 5.75 Å². The highest BCUT2D eigenvalue weighted by Gasteiger charge is 2.32. The number of halogens is 3. The van der Waals surface area contributed by atoms with Gasteiger partial charge in [0.05, 0.1) is 39.0 Å². The van der Waals surface area contributed by atoms with Crippen molar-refractivity contribution in [1.82, 2.24) is 19.6 Å². The Hall–Kier alpha value is -4.09. The number of anilines is 1. The van der Waals surface area contributed by atoms with E-state index in [-0.39, 0.29) is 50.5 Å². The Morgan fingerprint density at radius 2 is 1.63 bits per heavy atom. The molecule has 2 heterocycles. The summed E-state index contributed by atoms with van der Waals surface area (Å²) in [7, 11) is 0. The first-order valence-corrected chi connectivity index (χ1v) is 18.2. The number of aryl methyl sites for hydroxylation is 1. The second kappa shape index (κ2) is 17.4. The molecular weight excluding hydrogens is 713 g/mol. The van der Waals surface area contributed by atoms with Gasteiger partial charge in [0.2, 0.25) is 0 Å². The first kappa shape index (κ1) is 38.1. The maximum absolute atomic E-state index is 14.5. The summed E-state index contributed by atoms with van der Waals surface area (Å²) in [4.78, 5) is 44.7. The predicted molar refractivity (Wildman–Crippen MR) is 201 cm³/mol. The van der Waals surface area contributed by atoms with Gasteiger partial charge in [0.15, 0.2) is 12.3 Å². The van der Waals surface area contributed by atoms with Gasteiger partial charge in [0.25, 0.3) is 17.7 Å². The lowest BCUT2D eigenvalue weighted by Gasteiger charge is -2.36. The molecule has 0 spiro atoms. The highest BCUT2D eigenvalue weighted by molar-refractivity contribution is 6.43. The summed E-state index contributed by atoms with van der Waals surface area (Å²) in [6.45, 7) is 6.95. The third-order valence-electron chi connectivity index (χ3n) is 8.86. The molecule has 10 nitrogen and oxygen atoms in total. The number of amides is 3. The van der Waals surface area contributed by atoms with Gasteiger partial charge in [-0.1, -0.05) is 85.8 Å². The lowest BCUT2D eigenvalue weighted by molar-refractivity contribution is -0.118. The van der Waals surface area contributed by atoms with E-state index in [1.807, 2.05) is 36.1 Å². The van der Waals surface area contributed by atoms with E-state index in [4.69, 9.17) is 44.6 Å². The number of aliphatic hydroxyl groups excluding tert-OH is 1. The third kappa shape index (κ3) is 9.05. The Morgan fingerprint density at radius 1 is 0.941 bits per heavy atom. The zero-order valence-electron chi connectivity index (χ0n) is 28.9. The van der Waals surface area contributed by atoms with E-state index in [1.165, 1.54) is 12.1 Å². The van der Waals surface area contributed by atoms with E-state index in [2.05, 4.69) is 19.2 Å². The topological polar surface area (TPSA) is 117 Å². The van der Waals surface area contributed by atoms with Gasteiger partial charge in [-0.25, -0.2) is 4.68 Å². The van der Waals surface area contributed by atoms with Crippen molar-refractivity contribution in [2.45, 2.75) is 65.5 Å². The Balaban J connectivity index is 1.48. The van der Waals surface area contributed by atoms with Crippen molar-refractivity contribution >= 4 is 58.2 Å². The fourth-order valence-corrected chi connectivity index (χ4v) is 6.66. The molecule has 5 rings (SSSR count). The standard InChI is InChI=1S/C38H42Cl3N5O5/c1-4-6-14-44(15-7-5-2)38(50)33-16-24(3)46(43-33)34-13-12-27(42-36(48)23-51-35-20-31(40)30(39)19-32(35)41)18-29(34)37(49)45-21-26-11-9-8-10-25(26)17-28(45)22-47/h8-13,16,18-20,28,47H,4-7,14-15,17,21-23H2,1-3H3,(H,42,48). The van der Waals surface area contributed by atoms with Crippen molar-refractivity contribution in [1.29, 1.82) is 0 Å². The van der Waals surface area contributed by atoms with E-state index in [0.29, 0.717) is 43.1 Å². The summed E-state index contributed by atoms with van der Waals surface area (Å²) in [5.41, 5.74) is 4.00. The van der Waals surface area contributed by atoms with Crippen LogP contribution in [-0.2, 0) is 17.8 Å². The first-order chi connectivity index (χ1) is 24.5. The van der Waals surface area contributed by atoms with Gasteiger partial charge in [-0.3, -0.25) is 14.4 Å². The summed E-state index contributed by atoms with van der Waals surface area (Å²) < 4.78 is 7.19. The summed E-state index contributed by atoms with van der Waals surface area (Å²) >= 11 is 18.3. The minimum absolute atomic E-state index is 0.162. The third-order valence-corrected chi connectivity index (χ3v) is 9.87. The Kier molecular flexibility index (Phi) is 13.0. The fraction of sp³-hybridized carbons (Fsp3) is 0.368. The quantitative estimate of drug-likeness (QED) is 0.127. The SMILES string of the molecule is CCCCN(CCCC)C(=O)c1cc(C)n(-c2ccc(NC(=O)COc3cc(Cl)c(Cl)cc3Cl)cc2C(=O)N2Cc3ccccc3CC2CO)n1. The number of benzene rings is 3. The first-order valence-electron chi connectivity index (χ1n) is 17.1. The van der Waals surface area contributed by atoms with Crippen LogP contribution in [0.1, 0.15) is 77.2 Å². The highest BCUT2D eigenvalue weighted by Crippen LogP contribution is 2.34. The number of fused-ring (bicyclic) bond motifs is 1. The number of aliphatic hydroxyl groups is 1. The van der Waals surface area contributed by atoms with Crippen molar-refractivity contribution in [3.63, 3.8) is 0 Å². The molecule has 0 aliphatic carbocycles. The number of unbranched alkanes of at least 4 members (excludes halogenated alkanes) is 2. The number of rotatable bonds is 14. The zero-order valence-corrected chi connectivity index (χ0v) is 31.2. The van der Waals surface area contributed by atoms with Crippen molar-refractivity contribution in [2.75, 3.05) is 31.6 Å². The number of aromatic nitrogens is 2.